The average Bonchev–Trinajstić information content (AvgIpc) is 1.40. The molecule has 0 aromatic rings. The van der Waals surface area contributed by atoms with Gasteiger partial charge in [0.15, 0.2) is 37.7 Å². The van der Waals surface area contributed by atoms with Crippen molar-refractivity contribution in [3.05, 3.63) is 11.6 Å². The predicted molar refractivity (Wildman–Crippen MR) is 314 cm³/mol. The smallest absolute Gasteiger partial charge is 0.388 e. The number of fused-ring (bicyclic) bond motifs is 5. The molecule has 0 amide bonds. The summed E-state index contributed by atoms with van der Waals surface area (Å²) < 4.78 is 119. The van der Waals surface area contributed by atoms with Crippen LogP contribution in [-0.2, 0) is 76.2 Å². The lowest BCUT2D eigenvalue weighted by molar-refractivity contribution is -0.400. The molecule has 1 unspecified atom stereocenters. The zero-order valence-corrected chi connectivity index (χ0v) is 55.3. The number of aliphatic hydroxyl groups excluding tert-OH is 13. The largest absolute Gasteiger partial charge is 0.397 e. The van der Waals surface area contributed by atoms with E-state index in [0.717, 1.165) is 12.8 Å². The monoisotopic (exact) mass is 1370 g/mol. The fourth-order valence-electron chi connectivity index (χ4n) is 17.4. The van der Waals surface area contributed by atoms with Crippen LogP contribution in [0.25, 0.3) is 0 Å². The lowest BCUT2D eigenvalue weighted by atomic mass is 9.47. The summed E-state index contributed by atoms with van der Waals surface area (Å²) >= 11 is 0. The van der Waals surface area contributed by atoms with Gasteiger partial charge in [0.25, 0.3) is 0 Å². The van der Waals surface area contributed by atoms with E-state index in [4.69, 9.17) is 65.8 Å². The average molecular weight is 1380 g/mol. The number of allylic oxidation sites excluding steroid dienone is 2. The molecule has 11 aliphatic rings. The molecule has 31 nitrogen and oxygen atoms in total. The summed E-state index contributed by atoms with van der Waals surface area (Å²) in [4.78, 5) is 0. The molecule has 0 bridgehead atoms. The third kappa shape index (κ3) is 13.9. The van der Waals surface area contributed by atoms with Crippen LogP contribution in [0.1, 0.15) is 114 Å². The molecule has 0 aromatic carbocycles. The SMILES string of the molecule is CC(C)[C@H](C)[C@H]1O[C@H]1[C@](C)(O)[C@H]1CC[C@H]2C3C[C@H](O[C@@H]4O[C@H](C)[C@@H](O)[C@H](O[C@@H]5OC[C@@H](O[C@@H]6O[C@H](C)[C@@H](O)[C@H](O)[C@H]6O[C@@H]6O[C@H](C)[C@H](O)[C@H](O[C@@H]7OC[C@@H](O)[C@H](O)[C@H]7O)[C@H]6O)[C@H](O)[C@H]5O[C@@H]5O[C@H](C)[C@@H](O)[C@H](O)[C@H]5O)[C@H]4O)[C@H]4C[C@@H](OS(=O)(=O)O)CC[C@]4(C)C3=CC[C@]12C. The van der Waals surface area contributed by atoms with Crippen LogP contribution in [0.5, 0.6) is 0 Å². The number of aliphatic hydroxyl groups is 14. The van der Waals surface area contributed by atoms with Crippen LogP contribution < -0.4 is 0 Å². The van der Waals surface area contributed by atoms with Gasteiger partial charge in [-0.3, -0.25) is 4.55 Å². The van der Waals surface area contributed by atoms with Gasteiger partial charge in [0.2, 0.25) is 0 Å². The molecular weight excluding hydrogens is 1270 g/mol. The normalized spacial score (nSPS) is 54.2. The predicted octanol–water partition coefficient (Wildman–Crippen LogP) is -3.13. The topological polar surface area (TPSA) is 470 Å². The summed E-state index contributed by atoms with van der Waals surface area (Å²) in [7, 11) is -4.88. The second kappa shape index (κ2) is 28.1. The summed E-state index contributed by atoms with van der Waals surface area (Å²) in [5, 5.41) is 159. The molecule has 3 saturated carbocycles. The second-order valence-corrected chi connectivity index (χ2v) is 30.7. The number of epoxide rings is 1. The number of hydrogen-bond donors (Lipinski definition) is 15. The maximum atomic E-state index is 12.5. The van der Waals surface area contributed by atoms with Gasteiger partial charge < -0.3 is 133 Å². The van der Waals surface area contributed by atoms with Crippen molar-refractivity contribution >= 4 is 10.4 Å². The Morgan fingerprint density at radius 2 is 1.04 bits per heavy atom. The zero-order valence-electron chi connectivity index (χ0n) is 54.5. The fraction of sp³-hybridized carbons (Fsp3) is 0.968. The van der Waals surface area contributed by atoms with Gasteiger partial charge in [-0.05, 0) is 126 Å². The Hall–Kier alpha value is -1.47. The molecular formula is C62H102O31S. The van der Waals surface area contributed by atoms with E-state index < -0.39 is 225 Å². The lowest BCUT2D eigenvalue weighted by Crippen LogP contribution is -2.67. The van der Waals surface area contributed by atoms with Crippen LogP contribution in [0.3, 0.4) is 0 Å². The highest BCUT2D eigenvalue weighted by Crippen LogP contribution is 2.68. The molecule has 11 rings (SSSR count). The Bertz CT molecular complexity index is 2720. The highest BCUT2D eigenvalue weighted by Gasteiger charge is 2.67. The maximum absolute atomic E-state index is 12.5. The zero-order chi connectivity index (χ0) is 68.5. The first kappa shape index (κ1) is 73.7. The summed E-state index contributed by atoms with van der Waals surface area (Å²) in [5.74, 6) is -0.101. The van der Waals surface area contributed by atoms with Crippen molar-refractivity contribution < 1.29 is 150 Å². The minimum absolute atomic E-state index is 0.0499. The third-order valence-corrected chi connectivity index (χ3v) is 23.9. The minimum Gasteiger partial charge on any atom is -0.388 e. The van der Waals surface area contributed by atoms with Crippen LogP contribution in [0.15, 0.2) is 11.6 Å². The number of rotatable bonds is 18. The molecule has 4 aliphatic carbocycles. The van der Waals surface area contributed by atoms with Crippen molar-refractivity contribution in [1.82, 2.24) is 0 Å². The van der Waals surface area contributed by atoms with Gasteiger partial charge in [-0.1, -0.05) is 46.3 Å². The van der Waals surface area contributed by atoms with E-state index in [9.17, 15) is 84.5 Å². The first-order valence-electron chi connectivity index (χ1n) is 33.3. The molecule has 7 heterocycles. The minimum atomic E-state index is -4.88. The molecule has 0 radical (unpaired) electrons. The standard InChI is InChI=1S/C62H102O31S/c1-21(2)22(3)48-53(88-48)62(10,76)35-12-11-29-28-18-33(31-17-27(93-94(77,78)79)13-15-60(31,8)30(28)14-16-61(29,35)9)86-56-46(74)50(39(67)25(6)83-56)90-58-51(91-55-45(73)42(70)36(64)23(4)82-55)41(69)34(20-81-58)87-59-52(43(71)37(65)24(5)85-59)92-57-47(75)49(38(66)26(7)84-57)89-54-44(72)40(68)32(63)19-80-54/h14,21-29,31-59,63-76H,11-13,15-20H2,1-10H3,(H,77,78,79)/t22-,23+,24+,25+,26+,27-,28?,29-,31+,32+,33-,34+,35-,36+,37+,38-,39+,40-,41-,42-,43-,44+,45+,46+,47+,48+,49-,50-,51+,52+,53+,54-,55-,56-,57-,58-,59-,60+,61-,62+/m0/s1. The number of hydrogen-bond acceptors (Lipinski definition) is 30. The molecule has 7 saturated heterocycles. The van der Waals surface area contributed by atoms with Gasteiger partial charge in [0.1, 0.15) is 116 Å². The first-order valence-corrected chi connectivity index (χ1v) is 34.7. The number of ether oxygens (including phenoxy) is 13. The van der Waals surface area contributed by atoms with Gasteiger partial charge >= 0.3 is 10.4 Å². The van der Waals surface area contributed by atoms with Crippen LogP contribution in [0.2, 0.25) is 0 Å². The van der Waals surface area contributed by atoms with Gasteiger partial charge in [-0.2, -0.15) is 8.42 Å². The maximum Gasteiger partial charge on any atom is 0.397 e. The highest BCUT2D eigenvalue weighted by molar-refractivity contribution is 7.80. The Morgan fingerprint density at radius 1 is 0.532 bits per heavy atom. The molecule has 10 fully saturated rings. The van der Waals surface area contributed by atoms with E-state index in [0.29, 0.717) is 25.2 Å². The van der Waals surface area contributed by atoms with Crippen molar-refractivity contribution in [3.8, 4) is 0 Å². The molecule has 7 aliphatic heterocycles. The van der Waals surface area contributed by atoms with Crippen molar-refractivity contribution in [2.45, 2.75) is 316 Å². The molecule has 0 aromatic heterocycles. The van der Waals surface area contributed by atoms with Gasteiger partial charge in [-0.15, -0.1) is 0 Å². The summed E-state index contributed by atoms with van der Waals surface area (Å²) in [5.41, 5.74) is -0.968. The highest BCUT2D eigenvalue weighted by atomic mass is 32.3. The Morgan fingerprint density at radius 3 is 1.65 bits per heavy atom. The van der Waals surface area contributed by atoms with E-state index in [2.05, 4.69) is 40.7 Å². The second-order valence-electron chi connectivity index (χ2n) is 29.7. The van der Waals surface area contributed by atoms with Crippen LogP contribution >= 0.6 is 0 Å². The van der Waals surface area contributed by atoms with Crippen LogP contribution in [0, 0.1) is 46.3 Å². The van der Waals surface area contributed by atoms with Gasteiger partial charge in [-0.25, -0.2) is 4.18 Å². The molecule has 94 heavy (non-hydrogen) atoms. The quantitative estimate of drug-likeness (QED) is 0.0366. The summed E-state index contributed by atoms with van der Waals surface area (Å²) in [6, 6.07) is 0. The Balaban J connectivity index is 0.839. The molecule has 15 N–H and O–H groups in total. The van der Waals surface area contributed by atoms with E-state index in [1.165, 1.54) is 33.3 Å². The molecule has 32 heteroatoms. The summed E-state index contributed by atoms with van der Waals surface area (Å²) in [6.07, 6.45) is -43.7. The van der Waals surface area contributed by atoms with Gasteiger partial charge in [0, 0.05) is 0 Å². The van der Waals surface area contributed by atoms with E-state index in [1.807, 2.05) is 6.92 Å². The van der Waals surface area contributed by atoms with Crippen molar-refractivity contribution in [2.24, 2.45) is 46.3 Å². The van der Waals surface area contributed by atoms with Crippen LogP contribution in [0.4, 0.5) is 0 Å². The fourth-order valence-corrected chi connectivity index (χ4v) is 17.9. The third-order valence-electron chi connectivity index (χ3n) is 23.4. The molecule has 40 atom stereocenters. The summed E-state index contributed by atoms with van der Waals surface area (Å²) in [6.45, 7) is 17.2. The lowest BCUT2D eigenvalue weighted by Gasteiger charge is -2.60. The van der Waals surface area contributed by atoms with Crippen molar-refractivity contribution in [3.63, 3.8) is 0 Å². The van der Waals surface area contributed by atoms with E-state index >= 15 is 0 Å². The Labute approximate surface area is 546 Å². The van der Waals surface area contributed by atoms with Crippen LogP contribution in [-0.4, -0.2) is 300 Å². The van der Waals surface area contributed by atoms with E-state index in [-0.39, 0.29) is 54.1 Å². The van der Waals surface area contributed by atoms with Gasteiger partial charge in [0.05, 0.1) is 61.5 Å². The molecule has 0 spiro atoms. The van der Waals surface area contributed by atoms with E-state index in [1.54, 1.807) is 0 Å². The molecule has 542 valence electrons. The first-order chi connectivity index (χ1) is 44.0. The van der Waals surface area contributed by atoms with Crippen molar-refractivity contribution in [2.75, 3.05) is 13.2 Å². The van der Waals surface area contributed by atoms with Crippen molar-refractivity contribution in [1.29, 1.82) is 0 Å². The Kier molecular flexibility index (Phi) is 22.0.